The van der Waals surface area contributed by atoms with Crippen molar-refractivity contribution in [2.75, 3.05) is 26.5 Å². The molecule has 2 aromatic rings. The van der Waals surface area contributed by atoms with E-state index in [4.69, 9.17) is 18.5 Å². The third-order valence-electron chi connectivity index (χ3n) is 4.08. The number of carbonyl (C=O) groups excluding carboxylic acids is 1. The van der Waals surface area contributed by atoms with E-state index in [0.717, 1.165) is 11.1 Å². The highest BCUT2D eigenvalue weighted by Crippen LogP contribution is 2.50. The molecule has 0 saturated carbocycles. The summed E-state index contributed by atoms with van der Waals surface area (Å²) in [5, 5.41) is 2.78. The molecule has 0 aliphatic rings. The van der Waals surface area contributed by atoms with Crippen LogP contribution in [0.1, 0.15) is 31.0 Å². The van der Waals surface area contributed by atoms with Crippen molar-refractivity contribution in [3.05, 3.63) is 65.7 Å². The van der Waals surface area contributed by atoms with Crippen LogP contribution in [0.5, 0.6) is 5.75 Å². The summed E-state index contributed by atoms with van der Waals surface area (Å²) in [7, 11) is -1.82. The monoisotopic (exact) mass is 421 g/mol. The van der Waals surface area contributed by atoms with Crippen molar-refractivity contribution in [2.45, 2.75) is 26.5 Å². The van der Waals surface area contributed by atoms with Gasteiger partial charge in [0.2, 0.25) is 0 Å². The van der Waals surface area contributed by atoms with Gasteiger partial charge < -0.3 is 23.8 Å². The van der Waals surface area contributed by atoms with Gasteiger partial charge in [-0.2, -0.15) is 0 Å². The van der Waals surface area contributed by atoms with E-state index < -0.39 is 19.7 Å². The highest BCUT2D eigenvalue weighted by molar-refractivity contribution is 7.53. The molecule has 7 nitrogen and oxygen atoms in total. The van der Waals surface area contributed by atoms with Crippen LogP contribution in [0.4, 0.5) is 4.79 Å². The van der Waals surface area contributed by atoms with Crippen LogP contribution in [-0.4, -0.2) is 32.6 Å². The Bertz CT molecular complexity index is 787. The number of hydrogen-bond donors (Lipinski definition) is 1. The van der Waals surface area contributed by atoms with Crippen molar-refractivity contribution >= 4 is 13.7 Å². The number of nitrogens with one attached hydrogen (secondary N) is 1. The van der Waals surface area contributed by atoms with Gasteiger partial charge in [0.1, 0.15) is 12.4 Å². The largest absolute Gasteiger partial charge is 0.497 e. The Hall–Kier alpha value is -2.34. The summed E-state index contributed by atoms with van der Waals surface area (Å²) in [6, 6.07) is 15.9. The number of amides is 1. The molecular weight excluding hydrogens is 393 g/mol. The van der Waals surface area contributed by atoms with Crippen LogP contribution in [0, 0.1) is 0 Å². The molecule has 0 spiro atoms. The minimum Gasteiger partial charge on any atom is -0.497 e. The van der Waals surface area contributed by atoms with Crippen LogP contribution in [-0.2, 0) is 25.0 Å². The van der Waals surface area contributed by atoms with E-state index in [1.807, 2.05) is 30.3 Å². The van der Waals surface area contributed by atoms with Crippen molar-refractivity contribution in [3.63, 3.8) is 0 Å². The third-order valence-corrected chi connectivity index (χ3v) is 6.20. The van der Waals surface area contributed by atoms with Gasteiger partial charge in [-0.15, -0.1) is 0 Å². The highest BCUT2D eigenvalue weighted by Gasteiger charge is 2.30. The van der Waals surface area contributed by atoms with E-state index >= 15 is 0 Å². The second kappa shape index (κ2) is 11.6. The average Bonchev–Trinajstić information content (AvgIpc) is 2.73. The van der Waals surface area contributed by atoms with Crippen molar-refractivity contribution in [1.82, 2.24) is 5.32 Å². The lowest BCUT2D eigenvalue weighted by atomic mass is 10.1. The van der Waals surface area contributed by atoms with Gasteiger partial charge in [-0.3, -0.25) is 4.57 Å². The van der Waals surface area contributed by atoms with Crippen molar-refractivity contribution in [2.24, 2.45) is 0 Å². The van der Waals surface area contributed by atoms with Crippen LogP contribution < -0.4 is 10.1 Å². The number of ether oxygens (including phenoxy) is 2. The standard InChI is InChI=1S/C21H28NO6P/c1-4-27-29(24,28-5-2)16-20(18-11-13-19(25-3)14-12-18)22-21(23)26-15-17-9-7-6-8-10-17/h6-14,20H,4-5,15-16H2,1-3H3,(H,22,23)/t20-/m0/s1. The molecule has 1 atom stereocenters. The third kappa shape index (κ3) is 7.54. The zero-order valence-corrected chi connectivity index (χ0v) is 17.9. The Morgan fingerprint density at radius 3 is 2.17 bits per heavy atom. The predicted molar refractivity (Wildman–Crippen MR) is 111 cm³/mol. The minimum absolute atomic E-state index is 0.0125. The first-order valence-corrected chi connectivity index (χ1v) is 11.2. The fourth-order valence-corrected chi connectivity index (χ4v) is 4.56. The Kier molecular flexibility index (Phi) is 9.19. The van der Waals surface area contributed by atoms with Gasteiger partial charge in [-0.1, -0.05) is 42.5 Å². The summed E-state index contributed by atoms with van der Waals surface area (Å²) in [4.78, 5) is 12.4. The van der Waals surface area contributed by atoms with E-state index in [-0.39, 0.29) is 26.0 Å². The smallest absolute Gasteiger partial charge is 0.407 e. The molecule has 0 bridgehead atoms. The maximum atomic E-state index is 13.0. The Morgan fingerprint density at radius 2 is 1.62 bits per heavy atom. The Morgan fingerprint density at radius 1 is 1.00 bits per heavy atom. The molecule has 2 aromatic carbocycles. The minimum atomic E-state index is -3.39. The number of alkyl carbamates (subject to hydrolysis) is 1. The lowest BCUT2D eigenvalue weighted by Gasteiger charge is -2.24. The molecular formula is C21H28NO6P. The molecule has 1 amide bonds. The maximum absolute atomic E-state index is 13.0. The lowest BCUT2D eigenvalue weighted by molar-refractivity contribution is 0.136. The Balaban J connectivity index is 2.14. The van der Waals surface area contributed by atoms with E-state index in [9.17, 15) is 9.36 Å². The number of carbonyl (C=O) groups is 1. The van der Waals surface area contributed by atoms with E-state index in [0.29, 0.717) is 5.75 Å². The van der Waals surface area contributed by atoms with Crippen molar-refractivity contribution in [3.8, 4) is 5.75 Å². The van der Waals surface area contributed by atoms with E-state index in [2.05, 4.69) is 5.32 Å². The molecule has 0 radical (unpaired) electrons. The summed E-state index contributed by atoms with van der Waals surface area (Å²) in [5.74, 6) is 0.678. The number of rotatable bonds is 11. The highest BCUT2D eigenvalue weighted by atomic mass is 31.2. The molecule has 8 heteroatoms. The summed E-state index contributed by atoms with van der Waals surface area (Å²) < 4.78 is 34.3. The maximum Gasteiger partial charge on any atom is 0.407 e. The summed E-state index contributed by atoms with van der Waals surface area (Å²) >= 11 is 0. The van der Waals surface area contributed by atoms with E-state index in [1.165, 1.54) is 0 Å². The fourth-order valence-electron chi connectivity index (χ4n) is 2.74. The molecule has 2 rings (SSSR count). The van der Waals surface area contributed by atoms with Gasteiger partial charge in [0, 0.05) is 0 Å². The van der Waals surface area contributed by atoms with Crippen LogP contribution >= 0.6 is 7.60 Å². The SMILES string of the molecule is CCOP(=O)(C[C@H](NC(=O)OCc1ccccc1)c1ccc(OC)cc1)OCC. The number of methoxy groups -OCH3 is 1. The second-order valence-corrected chi connectivity index (χ2v) is 8.26. The number of benzene rings is 2. The summed E-state index contributed by atoms with van der Waals surface area (Å²) in [6.07, 6.45) is -0.629. The zero-order chi connectivity index (χ0) is 21.1. The molecule has 0 aliphatic carbocycles. The van der Waals surface area contributed by atoms with Crippen LogP contribution in [0.2, 0.25) is 0 Å². The van der Waals surface area contributed by atoms with Gasteiger partial charge in [-0.05, 0) is 37.1 Å². The van der Waals surface area contributed by atoms with Gasteiger partial charge in [-0.25, -0.2) is 4.79 Å². The molecule has 0 unspecified atom stereocenters. The molecule has 29 heavy (non-hydrogen) atoms. The average molecular weight is 421 g/mol. The topological polar surface area (TPSA) is 83.1 Å². The molecule has 158 valence electrons. The van der Waals surface area contributed by atoms with Gasteiger partial charge >= 0.3 is 13.7 Å². The normalized spacial score (nSPS) is 12.2. The van der Waals surface area contributed by atoms with Gasteiger partial charge in [0.05, 0.1) is 32.5 Å². The lowest BCUT2D eigenvalue weighted by Crippen LogP contribution is -2.31. The molecule has 0 aliphatic heterocycles. The first kappa shape index (κ1) is 22.9. The van der Waals surface area contributed by atoms with Gasteiger partial charge in [0.25, 0.3) is 0 Å². The predicted octanol–water partition coefficient (Wildman–Crippen LogP) is 4.93. The Labute approximate surface area is 171 Å². The summed E-state index contributed by atoms with van der Waals surface area (Å²) in [5.41, 5.74) is 1.61. The van der Waals surface area contributed by atoms with Gasteiger partial charge in [0.15, 0.2) is 0 Å². The zero-order valence-electron chi connectivity index (χ0n) is 17.0. The molecule has 0 heterocycles. The van der Waals surface area contributed by atoms with Crippen LogP contribution in [0.15, 0.2) is 54.6 Å². The molecule has 0 saturated heterocycles. The fraction of sp³-hybridized carbons (Fsp3) is 0.381. The van der Waals surface area contributed by atoms with Crippen LogP contribution in [0.3, 0.4) is 0 Å². The molecule has 1 N–H and O–H groups in total. The quantitative estimate of drug-likeness (QED) is 0.518. The first-order chi connectivity index (χ1) is 14.0. The number of hydrogen-bond acceptors (Lipinski definition) is 6. The molecule has 0 fully saturated rings. The van der Waals surface area contributed by atoms with E-state index in [1.54, 1.807) is 45.2 Å². The van der Waals surface area contributed by atoms with Crippen molar-refractivity contribution < 1.29 is 27.9 Å². The van der Waals surface area contributed by atoms with Crippen molar-refractivity contribution in [1.29, 1.82) is 0 Å². The molecule has 0 aromatic heterocycles. The second-order valence-electron chi connectivity index (χ2n) is 6.16. The summed E-state index contributed by atoms with van der Waals surface area (Å²) in [6.45, 7) is 4.11. The first-order valence-electron chi connectivity index (χ1n) is 9.49. The van der Waals surface area contributed by atoms with Crippen LogP contribution in [0.25, 0.3) is 0 Å².